The average molecular weight is 291 g/mol. The minimum Gasteiger partial charge on any atom is -0.489 e. The lowest BCUT2D eigenvalue weighted by atomic mass is 10.2. The van der Waals surface area contributed by atoms with E-state index in [1.807, 2.05) is 13.8 Å². The molecule has 0 fully saturated rings. The summed E-state index contributed by atoms with van der Waals surface area (Å²) < 4.78 is 30.8. The highest BCUT2D eigenvalue weighted by molar-refractivity contribution is 9.09. The van der Waals surface area contributed by atoms with Crippen LogP contribution < -0.4 is 4.74 Å². The van der Waals surface area contributed by atoms with Gasteiger partial charge in [-0.15, -0.1) is 0 Å². The normalized spacial score (nSPS) is 12.3. The topological polar surface area (TPSA) is 9.23 Å². The number of hydrogen-bond acceptors (Lipinski definition) is 1. The third-order valence-corrected chi connectivity index (χ3v) is 3.12. The van der Waals surface area contributed by atoms with Crippen LogP contribution in [0.4, 0.5) is 8.78 Å². The summed E-state index contributed by atoms with van der Waals surface area (Å²) in [4.78, 5) is 0. The summed E-state index contributed by atoms with van der Waals surface area (Å²) in [5.74, 6) is -1.42. The molecule has 0 heterocycles. The molecular weight excluding hydrogens is 278 g/mol. The molecule has 1 nitrogen and oxygen atoms in total. The quantitative estimate of drug-likeness (QED) is 0.600. The molecule has 0 N–H and O–H groups in total. The molecule has 16 heavy (non-hydrogen) atoms. The van der Waals surface area contributed by atoms with Gasteiger partial charge in [0.15, 0.2) is 11.6 Å². The van der Waals surface area contributed by atoms with Gasteiger partial charge in [-0.2, -0.15) is 0 Å². The van der Waals surface area contributed by atoms with Gasteiger partial charge in [0.25, 0.3) is 0 Å². The van der Waals surface area contributed by atoms with Gasteiger partial charge in [-0.1, -0.05) is 21.5 Å². The van der Waals surface area contributed by atoms with Crippen molar-refractivity contribution in [1.82, 2.24) is 0 Å². The van der Waals surface area contributed by atoms with E-state index in [9.17, 15) is 8.78 Å². The highest BCUT2D eigenvalue weighted by Gasteiger charge is 2.03. The molecule has 0 saturated carbocycles. The van der Waals surface area contributed by atoms with Gasteiger partial charge in [0, 0.05) is 11.4 Å². The van der Waals surface area contributed by atoms with Crippen LogP contribution >= 0.6 is 15.9 Å². The molecule has 0 bridgehead atoms. The zero-order valence-corrected chi connectivity index (χ0v) is 10.8. The van der Waals surface area contributed by atoms with E-state index in [1.165, 1.54) is 11.6 Å². The molecule has 1 rings (SSSR count). The Bertz CT molecular complexity index is 402. The van der Waals surface area contributed by atoms with Crippen molar-refractivity contribution in [3.63, 3.8) is 0 Å². The number of allylic oxidation sites excluding steroid dienone is 1. The Morgan fingerprint density at radius 3 is 2.44 bits per heavy atom. The number of hydrogen-bond donors (Lipinski definition) is 0. The van der Waals surface area contributed by atoms with E-state index in [0.717, 1.165) is 23.0 Å². The van der Waals surface area contributed by atoms with Crippen LogP contribution in [0.2, 0.25) is 0 Å². The first-order valence-corrected chi connectivity index (χ1v) is 5.95. The molecule has 0 aromatic heterocycles. The van der Waals surface area contributed by atoms with Crippen molar-refractivity contribution in [2.45, 2.75) is 13.8 Å². The Morgan fingerprint density at radius 1 is 1.19 bits per heavy atom. The number of rotatable bonds is 4. The Kier molecular flexibility index (Phi) is 4.93. The van der Waals surface area contributed by atoms with Crippen LogP contribution in [0.15, 0.2) is 29.3 Å². The van der Waals surface area contributed by atoms with Gasteiger partial charge in [-0.25, -0.2) is 8.78 Å². The van der Waals surface area contributed by atoms with E-state index in [0.29, 0.717) is 12.4 Å². The van der Waals surface area contributed by atoms with Crippen LogP contribution in [0.25, 0.3) is 0 Å². The van der Waals surface area contributed by atoms with Crippen molar-refractivity contribution in [2.75, 3.05) is 11.9 Å². The summed E-state index contributed by atoms with van der Waals surface area (Å²) >= 11 is 3.34. The van der Waals surface area contributed by atoms with Crippen molar-refractivity contribution in [3.8, 4) is 5.75 Å². The third-order valence-electron chi connectivity index (χ3n) is 2.28. The molecule has 0 saturated heterocycles. The lowest BCUT2D eigenvalue weighted by Gasteiger charge is -2.08. The van der Waals surface area contributed by atoms with Crippen LogP contribution in [0.3, 0.4) is 0 Å². The smallest absolute Gasteiger partial charge is 0.162 e. The summed E-state index contributed by atoms with van der Waals surface area (Å²) in [7, 11) is 0. The molecule has 0 aliphatic rings. The monoisotopic (exact) mass is 290 g/mol. The Labute approximate surface area is 102 Å². The van der Waals surface area contributed by atoms with Crippen molar-refractivity contribution in [2.24, 2.45) is 0 Å². The predicted octanol–water partition coefficient (Wildman–Crippen LogP) is 4.07. The lowest BCUT2D eigenvalue weighted by molar-refractivity contribution is 0.346. The highest BCUT2D eigenvalue weighted by Crippen LogP contribution is 2.16. The minimum absolute atomic E-state index is 0.334. The second-order valence-electron chi connectivity index (χ2n) is 3.56. The van der Waals surface area contributed by atoms with Gasteiger partial charge >= 0.3 is 0 Å². The molecular formula is C12H13BrF2O. The van der Waals surface area contributed by atoms with E-state index >= 15 is 0 Å². The molecule has 4 heteroatoms. The van der Waals surface area contributed by atoms with Crippen LogP contribution in [0, 0.1) is 11.6 Å². The van der Waals surface area contributed by atoms with E-state index < -0.39 is 11.6 Å². The first-order valence-electron chi connectivity index (χ1n) is 4.83. The minimum atomic E-state index is -0.892. The van der Waals surface area contributed by atoms with Crippen LogP contribution in [0.5, 0.6) is 5.75 Å². The molecule has 0 aliphatic heterocycles. The van der Waals surface area contributed by atoms with E-state index in [4.69, 9.17) is 4.74 Å². The molecule has 0 radical (unpaired) electrons. The summed E-state index contributed by atoms with van der Waals surface area (Å²) in [6.45, 7) is 4.30. The molecule has 0 amide bonds. The van der Waals surface area contributed by atoms with Crippen LogP contribution in [-0.2, 0) is 0 Å². The maximum atomic E-state index is 12.9. The lowest BCUT2D eigenvalue weighted by Crippen LogP contribution is -2.02. The Morgan fingerprint density at radius 2 is 1.88 bits per heavy atom. The van der Waals surface area contributed by atoms with Gasteiger partial charge in [0.1, 0.15) is 12.4 Å². The van der Waals surface area contributed by atoms with Crippen LogP contribution in [0.1, 0.15) is 13.8 Å². The van der Waals surface area contributed by atoms with E-state index in [2.05, 4.69) is 15.9 Å². The Balaban J connectivity index is 2.65. The van der Waals surface area contributed by atoms with Gasteiger partial charge in [0.05, 0.1) is 0 Å². The van der Waals surface area contributed by atoms with E-state index in [-0.39, 0.29) is 0 Å². The molecule has 88 valence electrons. The fraction of sp³-hybridized carbons (Fsp3) is 0.333. The van der Waals surface area contributed by atoms with Gasteiger partial charge in [0.2, 0.25) is 0 Å². The average Bonchev–Trinajstić information content (AvgIpc) is 2.29. The number of ether oxygens (including phenoxy) is 1. The largest absolute Gasteiger partial charge is 0.489 e. The second-order valence-corrected chi connectivity index (χ2v) is 4.12. The van der Waals surface area contributed by atoms with Crippen molar-refractivity contribution < 1.29 is 13.5 Å². The summed E-state index contributed by atoms with van der Waals surface area (Å²) in [5, 5.41) is 0.778. The molecule has 0 unspecified atom stereocenters. The first-order chi connectivity index (χ1) is 7.54. The van der Waals surface area contributed by atoms with Gasteiger partial charge in [-0.05, 0) is 31.6 Å². The number of alkyl halides is 1. The molecule has 0 spiro atoms. The highest BCUT2D eigenvalue weighted by atomic mass is 79.9. The standard InChI is InChI=1S/C12H13BrF2O/c1-8(6-13)9(2)7-16-10-3-4-11(14)12(15)5-10/h3-5H,6-7H2,1-2H3/b9-8+. The van der Waals surface area contributed by atoms with Gasteiger partial charge in [-0.3, -0.25) is 0 Å². The van der Waals surface area contributed by atoms with E-state index in [1.54, 1.807) is 0 Å². The van der Waals surface area contributed by atoms with Crippen molar-refractivity contribution in [3.05, 3.63) is 41.0 Å². The molecule has 0 aliphatic carbocycles. The zero-order chi connectivity index (χ0) is 12.1. The molecule has 0 atom stereocenters. The Hall–Kier alpha value is -0.900. The van der Waals surface area contributed by atoms with Crippen molar-refractivity contribution in [1.29, 1.82) is 0 Å². The van der Waals surface area contributed by atoms with Crippen molar-refractivity contribution >= 4 is 15.9 Å². The van der Waals surface area contributed by atoms with Gasteiger partial charge < -0.3 is 4.74 Å². The fourth-order valence-electron chi connectivity index (χ4n) is 0.995. The first kappa shape index (κ1) is 13.2. The fourth-order valence-corrected chi connectivity index (χ4v) is 1.47. The van der Waals surface area contributed by atoms with Crippen LogP contribution in [-0.4, -0.2) is 11.9 Å². The second kappa shape index (κ2) is 5.99. The third kappa shape index (κ3) is 3.59. The molecule has 1 aromatic carbocycles. The maximum Gasteiger partial charge on any atom is 0.162 e. The summed E-state index contributed by atoms with van der Waals surface area (Å²) in [6.07, 6.45) is 0. The number of benzene rings is 1. The molecule has 1 aromatic rings. The summed E-state index contributed by atoms with van der Waals surface area (Å²) in [6, 6.07) is 3.52. The number of halogens is 3. The zero-order valence-electron chi connectivity index (χ0n) is 9.19. The maximum absolute atomic E-state index is 12.9. The summed E-state index contributed by atoms with van der Waals surface area (Å²) in [5.41, 5.74) is 2.24. The SMILES string of the molecule is C/C(CBr)=C(/C)COc1ccc(F)c(F)c1. The predicted molar refractivity (Wildman–Crippen MR) is 64.0 cm³/mol.